The van der Waals surface area contributed by atoms with Gasteiger partial charge in [0.05, 0.1) is 18.8 Å². The number of aromatic nitrogens is 1. The average molecular weight is 415 g/mol. The van der Waals surface area contributed by atoms with Crippen LogP contribution in [-0.2, 0) is 7.05 Å². The molecule has 2 aromatic rings. The molecule has 0 saturated carbocycles. The Kier molecular flexibility index (Phi) is 8.03. The maximum absolute atomic E-state index is 12.8. The van der Waals surface area contributed by atoms with Crippen molar-refractivity contribution in [3.63, 3.8) is 0 Å². The summed E-state index contributed by atoms with van der Waals surface area (Å²) in [5, 5.41) is 2.62. The molecule has 0 radical (unpaired) electrons. The van der Waals surface area contributed by atoms with Gasteiger partial charge >= 0.3 is 0 Å². The van der Waals surface area contributed by atoms with E-state index in [1.54, 1.807) is 30.1 Å². The number of amides is 2. The van der Waals surface area contributed by atoms with E-state index in [9.17, 15) is 14.4 Å². The van der Waals surface area contributed by atoms with Gasteiger partial charge in [0.2, 0.25) is 0 Å². The molecule has 8 heteroatoms. The zero-order valence-corrected chi connectivity index (χ0v) is 18.2. The van der Waals surface area contributed by atoms with Gasteiger partial charge in [0, 0.05) is 31.9 Å². The lowest BCUT2D eigenvalue weighted by molar-refractivity contribution is 0.0771. The number of carbonyl (C=O) groups is 2. The second-order valence-corrected chi connectivity index (χ2v) is 6.52. The SMILES string of the molecule is CCOc1ccc(C(=O)Nc2cc(C(=O)N(CC)CC)cn(C)c2=O)cc1OCC. The summed E-state index contributed by atoms with van der Waals surface area (Å²) in [7, 11) is 1.54. The number of pyridine rings is 1. The lowest BCUT2D eigenvalue weighted by Gasteiger charge is -2.19. The third-order valence-corrected chi connectivity index (χ3v) is 4.53. The summed E-state index contributed by atoms with van der Waals surface area (Å²) >= 11 is 0. The van der Waals surface area contributed by atoms with Crippen molar-refractivity contribution in [3.8, 4) is 11.5 Å². The lowest BCUT2D eigenvalue weighted by atomic mass is 10.1. The number of nitrogens with zero attached hydrogens (tertiary/aromatic N) is 2. The molecule has 0 fully saturated rings. The smallest absolute Gasteiger partial charge is 0.274 e. The molecule has 30 heavy (non-hydrogen) atoms. The number of hydrogen-bond acceptors (Lipinski definition) is 5. The Morgan fingerprint density at radius 1 is 0.967 bits per heavy atom. The van der Waals surface area contributed by atoms with Crippen LogP contribution < -0.4 is 20.3 Å². The van der Waals surface area contributed by atoms with Crippen LogP contribution >= 0.6 is 0 Å². The Morgan fingerprint density at radius 2 is 1.60 bits per heavy atom. The molecule has 0 atom stereocenters. The van der Waals surface area contributed by atoms with E-state index in [0.717, 1.165) is 0 Å². The molecule has 0 aliphatic heterocycles. The Hall–Kier alpha value is -3.29. The van der Waals surface area contributed by atoms with Crippen molar-refractivity contribution in [1.82, 2.24) is 9.47 Å². The standard InChI is InChI=1S/C22H29N3O5/c1-6-25(7-2)21(27)16-12-17(22(28)24(5)14-16)23-20(26)15-10-11-18(29-8-3)19(13-15)30-9-4/h10-14H,6-9H2,1-5H3,(H,23,26). The summed E-state index contributed by atoms with van der Waals surface area (Å²) in [5.41, 5.74) is 0.269. The predicted octanol–water partition coefficient (Wildman–Crippen LogP) is 2.92. The highest BCUT2D eigenvalue weighted by Crippen LogP contribution is 2.28. The monoisotopic (exact) mass is 415 g/mol. The van der Waals surface area contributed by atoms with Gasteiger partial charge < -0.3 is 24.3 Å². The number of anilines is 1. The fraction of sp³-hybridized carbons (Fsp3) is 0.409. The lowest BCUT2D eigenvalue weighted by Crippen LogP contribution is -2.32. The summed E-state index contributed by atoms with van der Waals surface area (Å²) in [6, 6.07) is 6.23. The van der Waals surface area contributed by atoms with Gasteiger partial charge in [-0.1, -0.05) is 0 Å². The van der Waals surface area contributed by atoms with Crippen LogP contribution in [0.5, 0.6) is 11.5 Å². The van der Waals surface area contributed by atoms with Crippen LogP contribution in [0, 0.1) is 0 Å². The summed E-state index contributed by atoms with van der Waals surface area (Å²) < 4.78 is 12.4. The van der Waals surface area contributed by atoms with Crippen molar-refractivity contribution < 1.29 is 19.1 Å². The molecule has 0 aliphatic carbocycles. The van der Waals surface area contributed by atoms with Gasteiger partial charge in [-0.15, -0.1) is 0 Å². The Labute approximate surface area is 176 Å². The number of hydrogen-bond donors (Lipinski definition) is 1. The molecule has 0 saturated heterocycles. The predicted molar refractivity (Wildman–Crippen MR) is 116 cm³/mol. The number of carbonyl (C=O) groups excluding carboxylic acids is 2. The van der Waals surface area contributed by atoms with Gasteiger partial charge in [0.1, 0.15) is 5.69 Å². The first-order chi connectivity index (χ1) is 14.4. The molecule has 1 aromatic heterocycles. The highest BCUT2D eigenvalue weighted by atomic mass is 16.5. The van der Waals surface area contributed by atoms with Gasteiger partial charge in [0.15, 0.2) is 11.5 Å². The molecule has 1 heterocycles. The highest BCUT2D eigenvalue weighted by molar-refractivity contribution is 6.05. The molecular weight excluding hydrogens is 386 g/mol. The molecule has 1 aromatic carbocycles. The zero-order valence-electron chi connectivity index (χ0n) is 18.2. The maximum atomic E-state index is 12.8. The number of ether oxygens (including phenoxy) is 2. The normalized spacial score (nSPS) is 10.4. The molecular formula is C22H29N3O5. The van der Waals surface area contributed by atoms with E-state index in [2.05, 4.69) is 5.32 Å². The van der Waals surface area contributed by atoms with E-state index in [0.29, 0.717) is 48.9 Å². The van der Waals surface area contributed by atoms with Crippen molar-refractivity contribution in [2.45, 2.75) is 27.7 Å². The average Bonchev–Trinajstić information content (AvgIpc) is 2.73. The quantitative estimate of drug-likeness (QED) is 0.680. The number of aryl methyl sites for hydroxylation is 1. The molecule has 8 nitrogen and oxygen atoms in total. The van der Waals surface area contributed by atoms with Crippen molar-refractivity contribution in [3.05, 3.63) is 51.9 Å². The van der Waals surface area contributed by atoms with Crippen LogP contribution in [0.3, 0.4) is 0 Å². The zero-order chi connectivity index (χ0) is 22.3. The van der Waals surface area contributed by atoms with Crippen molar-refractivity contribution in [1.29, 1.82) is 0 Å². The second-order valence-electron chi connectivity index (χ2n) is 6.52. The van der Waals surface area contributed by atoms with Crippen molar-refractivity contribution in [2.75, 3.05) is 31.6 Å². The fourth-order valence-corrected chi connectivity index (χ4v) is 3.00. The molecule has 0 bridgehead atoms. The molecule has 0 spiro atoms. The number of benzene rings is 1. The van der Waals surface area contributed by atoms with Crippen LogP contribution in [0.25, 0.3) is 0 Å². The summed E-state index contributed by atoms with van der Waals surface area (Å²) in [6.07, 6.45) is 1.47. The highest BCUT2D eigenvalue weighted by Gasteiger charge is 2.18. The molecule has 0 aliphatic rings. The van der Waals surface area contributed by atoms with Gasteiger partial charge in [-0.2, -0.15) is 0 Å². The minimum Gasteiger partial charge on any atom is -0.490 e. The minimum absolute atomic E-state index is 0.0346. The van der Waals surface area contributed by atoms with Gasteiger partial charge in [-0.25, -0.2) is 0 Å². The first kappa shape index (κ1) is 23.0. The Morgan fingerprint density at radius 3 is 2.20 bits per heavy atom. The van der Waals surface area contributed by atoms with Crippen LogP contribution in [0.1, 0.15) is 48.4 Å². The molecule has 1 N–H and O–H groups in total. The number of rotatable bonds is 9. The van der Waals surface area contributed by atoms with Crippen LogP contribution in [0.2, 0.25) is 0 Å². The van der Waals surface area contributed by atoms with Crippen LogP contribution in [-0.4, -0.2) is 47.6 Å². The van der Waals surface area contributed by atoms with Crippen LogP contribution in [0.15, 0.2) is 35.3 Å². The topological polar surface area (TPSA) is 89.9 Å². The third-order valence-electron chi connectivity index (χ3n) is 4.53. The first-order valence-corrected chi connectivity index (χ1v) is 10.1. The van der Waals surface area contributed by atoms with Gasteiger partial charge in [-0.3, -0.25) is 14.4 Å². The van der Waals surface area contributed by atoms with Crippen molar-refractivity contribution in [2.24, 2.45) is 7.05 Å². The van der Waals surface area contributed by atoms with Crippen molar-refractivity contribution >= 4 is 17.5 Å². The van der Waals surface area contributed by atoms with E-state index in [-0.39, 0.29) is 11.6 Å². The fourth-order valence-electron chi connectivity index (χ4n) is 3.00. The number of nitrogens with one attached hydrogen (secondary N) is 1. The first-order valence-electron chi connectivity index (χ1n) is 10.1. The second kappa shape index (κ2) is 10.5. The summed E-state index contributed by atoms with van der Waals surface area (Å²) in [6.45, 7) is 9.44. The van der Waals surface area contributed by atoms with E-state index in [1.165, 1.54) is 16.8 Å². The Bertz CT molecular complexity index is 964. The van der Waals surface area contributed by atoms with E-state index < -0.39 is 11.5 Å². The summed E-state index contributed by atoms with van der Waals surface area (Å²) in [4.78, 5) is 39.6. The molecule has 2 amide bonds. The van der Waals surface area contributed by atoms with E-state index in [4.69, 9.17) is 9.47 Å². The van der Waals surface area contributed by atoms with E-state index >= 15 is 0 Å². The molecule has 2 rings (SSSR count). The van der Waals surface area contributed by atoms with Crippen LogP contribution in [0.4, 0.5) is 5.69 Å². The molecule has 162 valence electrons. The summed E-state index contributed by atoms with van der Waals surface area (Å²) in [5.74, 6) is 0.304. The maximum Gasteiger partial charge on any atom is 0.274 e. The molecule has 0 unspecified atom stereocenters. The largest absolute Gasteiger partial charge is 0.490 e. The minimum atomic E-state index is -0.483. The van der Waals surface area contributed by atoms with E-state index in [1.807, 2.05) is 27.7 Å². The van der Waals surface area contributed by atoms with Gasteiger partial charge in [-0.05, 0) is 52.0 Å². The third kappa shape index (κ3) is 5.20. The Balaban J connectivity index is 2.35. The van der Waals surface area contributed by atoms with Gasteiger partial charge in [0.25, 0.3) is 17.4 Å².